The Kier molecular flexibility index (Phi) is 10.3. The van der Waals surface area contributed by atoms with Crippen molar-refractivity contribution in [3.8, 4) is 5.75 Å². The van der Waals surface area contributed by atoms with E-state index in [1.54, 1.807) is 7.11 Å². The minimum absolute atomic E-state index is 0.0760. The van der Waals surface area contributed by atoms with Gasteiger partial charge >= 0.3 is 0 Å². The van der Waals surface area contributed by atoms with E-state index < -0.39 is 0 Å². The van der Waals surface area contributed by atoms with E-state index in [0.29, 0.717) is 12.8 Å². The van der Waals surface area contributed by atoms with Gasteiger partial charge in [0.15, 0.2) is 12.1 Å². The lowest BCUT2D eigenvalue weighted by Gasteiger charge is -2.28. The molecular weight excluding hydrogens is 352 g/mol. The Morgan fingerprint density at radius 2 is 2.18 bits per heavy atom. The highest BCUT2D eigenvalue weighted by Crippen LogP contribution is 2.26. The minimum Gasteiger partial charge on any atom is -0.496 e. The second kappa shape index (κ2) is 12.7. The second-order valence-electron chi connectivity index (χ2n) is 7.49. The molecule has 1 heterocycles. The third-order valence-corrected chi connectivity index (χ3v) is 5.31. The zero-order valence-corrected chi connectivity index (χ0v) is 17.6. The third kappa shape index (κ3) is 7.06. The van der Waals surface area contributed by atoms with Crippen LogP contribution in [-0.4, -0.2) is 31.9 Å². The molecule has 1 fully saturated rings. The molecule has 1 unspecified atom stereocenters. The van der Waals surface area contributed by atoms with Gasteiger partial charge in [-0.25, -0.2) is 0 Å². The van der Waals surface area contributed by atoms with Crippen LogP contribution in [0.1, 0.15) is 80.6 Å². The highest BCUT2D eigenvalue weighted by atomic mass is 16.7. The largest absolute Gasteiger partial charge is 0.496 e. The SMILES string of the molecule is C=CCc1c(OC)cccc1C(=O)CC[C@H](CCCCC)OC1CCCCO1. The first kappa shape index (κ1) is 22.6. The summed E-state index contributed by atoms with van der Waals surface area (Å²) in [5.74, 6) is 0.890. The number of rotatable bonds is 13. The zero-order chi connectivity index (χ0) is 20.2. The summed E-state index contributed by atoms with van der Waals surface area (Å²) in [6, 6.07) is 5.66. The molecule has 0 aromatic heterocycles. The zero-order valence-electron chi connectivity index (χ0n) is 17.6. The first-order valence-corrected chi connectivity index (χ1v) is 10.8. The molecule has 156 valence electrons. The van der Waals surface area contributed by atoms with Crippen molar-refractivity contribution in [2.45, 2.75) is 83.5 Å². The summed E-state index contributed by atoms with van der Waals surface area (Å²) in [6.45, 7) is 6.79. The summed E-state index contributed by atoms with van der Waals surface area (Å²) in [6.07, 6.45) is 11.3. The quantitative estimate of drug-likeness (QED) is 0.240. The van der Waals surface area contributed by atoms with Crippen molar-refractivity contribution in [1.82, 2.24) is 0 Å². The lowest BCUT2D eigenvalue weighted by Crippen LogP contribution is -2.28. The van der Waals surface area contributed by atoms with Gasteiger partial charge in [0.2, 0.25) is 0 Å². The van der Waals surface area contributed by atoms with Crippen molar-refractivity contribution in [3.63, 3.8) is 0 Å². The van der Waals surface area contributed by atoms with Crippen LogP contribution < -0.4 is 4.74 Å². The van der Waals surface area contributed by atoms with Crippen LogP contribution in [0, 0.1) is 0 Å². The molecule has 2 rings (SSSR count). The Labute approximate surface area is 170 Å². The number of ketones is 1. The Bertz CT molecular complexity index is 605. The summed E-state index contributed by atoms with van der Waals surface area (Å²) in [7, 11) is 1.64. The summed E-state index contributed by atoms with van der Waals surface area (Å²) in [5.41, 5.74) is 1.66. The van der Waals surface area contributed by atoms with Gasteiger partial charge in [0.1, 0.15) is 5.75 Å². The molecule has 0 spiro atoms. The molecule has 1 aliphatic heterocycles. The fourth-order valence-electron chi connectivity index (χ4n) is 3.74. The molecule has 1 aliphatic rings. The topological polar surface area (TPSA) is 44.8 Å². The number of carbonyl (C=O) groups is 1. The molecule has 1 aromatic carbocycles. The van der Waals surface area contributed by atoms with Gasteiger partial charge in [-0.3, -0.25) is 4.79 Å². The number of methoxy groups -OCH3 is 1. The van der Waals surface area contributed by atoms with Crippen molar-refractivity contribution in [2.24, 2.45) is 0 Å². The van der Waals surface area contributed by atoms with E-state index in [0.717, 1.165) is 62.0 Å². The number of unbranched alkanes of at least 4 members (excludes halogenated alkanes) is 2. The molecule has 1 aromatic rings. The van der Waals surface area contributed by atoms with E-state index in [4.69, 9.17) is 14.2 Å². The number of hydrogen-bond donors (Lipinski definition) is 0. The van der Waals surface area contributed by atoms with Crippen LogP contribution in [0.5, 0.6) is 5.75 Å². The summed E-state index contributed by atoms with van der Waals surface area (Å²) in [5, 5.41) is 0. The molecule has 0 N–H and O–H groups in total. The molecule has 0 radical (unpaired) electrons. The fourth-order valence-corrected chi connectivity index (χ4v) is 3.74. The van der Waals surface area contributed by atoms with E-state index >= 15 is 0 Å². The van der Waals surface area contributed by atoms with Gasteiger partial charge in [-0.2, -0.15) is 0 Å². The number of ether oxygens (including phenoxy) is 3. The monoisotopic (exact) mass is 388 g/mol. The van der Waals surface area contributed by atoms with Crippen LogP contribution in [0.3, 0.4) is 0 Å². The maximum Gasteiger partial charge on any atom is 0.163 e. The lowest BCUT2D eigenvalue weighted by molar-refractivity contribution is -0.190. The van der Waals surface area contributed by atoms with Gasteiger partial charge in [0, 0.05) is 24.2 Å². The van der Waals surface area contributed by atoms with Crippen LogP contribution in [-0.2, 0) is 15.9 Å². The number of benzene rings is 1. The second-order valence-corrected chi connectivity index (χ2v) is 7.49. The predicted octanol–water partition coefficient (Wildman–Crippen LogP) is 5.88. The molecule has 0 bridgehead atoms. The van der Waals surface area contributed by atoms with E-state index in [1.807, 2.05) is 24.3 Å². The summed E-state index contributed by atoms with van der Waals surface area (Å²) >= 11 is 0. The minimum atomic E-state index is -0.108. The highest BCUT2D eigenvalue weighted by Gasteiger charge is 2.22. The van der Waals surface area contributed by atoms with E-state index in [1.165, 1.54) is 12.8 Å². The summed E-state index contributed by atoms with van der Waals surface area (Å²) < 4.78 is 17.4. The van der Waals surface area contributed by atoms with Crippen LogP contribution in [0.25, 0.3) is 0 Å². The number of Topliss-reactive ketones (excluding diaryl/α,β-unsaturated/α-hetero) is 1. The van der Waals surface area contributed by atoms with Gasteiger partial charge in [0.05, 0.1) is 13.2 Å². The Hall–Kier alpha value is -1.65. The first-order chi connectivity index (χ1) is 13.7. The maximum absolute atomic E-state index is 13.0. The third-order valence-electron chi connectivity index (χ3n) is 5.31. The Morgan fingerprint density at radius 3 is 2.86 bits per heavy atom. The molecular formula is C24H36O4. The molecule has 0 aliphatic carbocycles. The standard InChI is InChI=1S/C24H36O4/c1-4-6-7-12-19(28-24-15-8-9-18-27-24)16-17-22(25)20-13-10-14-23(26-3)21(20)11-5-2/h5,10,13-14,19,24H,2,4,6-9,11-12,15-18H2,1,3H3/t19-,24?/m0/s1. The van der Waals surface area contributed by atoms with E-state index in [2.05, 4.69) is 13.5 Å². The predicted molar refractivity (Wildman–Crippen MR) is 113 cm³/mol. The lowest BCUT2D eigenvalue weighted by atomic mass is 9.95. The molecule has 2 atom stereocenters. The number of hydrogen-bond acceptors (Lipinski definition) is 4. The van der Waals surface area contributed by atoms with Crippen LogP contribution in [0.15, 0.2) is 30.9 Å². The van der Waals surface area contributed by atoms with Gasteiger partial charge in [0.25, 0.3) is 0 Å². The van der Waals surface area contributed by atoms with E-state index in [-0.39, 0.29) is 18.2 Å². The average Bonchev–Trinajstić information content (AvgIpc) is 2.73. The normalized spacial score (nSPS) is 17.9. The number of carbonyl (C=O) groups excluding carboxylic acids is 1. The van der Waals surface area contributed by atoms with Gasteiger partial charge < -0.3 is 14.2 Å². The van der Waals surface area contributed by atoms with Crippen molar-refractivity contribution >= 4 is 5.78 Å². The number of allylic oxidation sites excluding steroid dienone is 1. The molecule has 28 heavy (non-hydrogen) atoms. The van der Waals surface area contributed by atoms with E-state index in [9.17, 15) is 4.79 Å². The average molecular weight is 389 g/mol. The van der Waals surface area contributed by atoms with Crippen LogP contribution in [0.4, 0.5) is 0 Å². The molecule has 0 saturated carbocycles. The fraction of sp³-hybridized carbons (Fsp3) is 0.625. The smallest absolute Gasteiger partial charge is 0.163 e. The van der Waals surface area contributed by atoms with Crippen molar-refractivity contribution in [3.05, 3.63) is 42.0 Å². The summed E-state index contributed by atoms with van der Waals surface area (Å²) in [4.78, 5) is 13.0. The van der Waals surface area contributed by atoms with Gasteiger partial charge in [-0.05, 0) is 44.6 Å². The van der Waals surface area contributed by atoms with Crippen LogP contribution in [0.2, 0.25) is 0 Å². The van der Waals surface area contributed by atoms with Crippen molar-refractivity contribution in [1.29, 1.82) is 0 Å². The van der Waals surface area contributed by atoms with Crippen LogP contribution >= 0.6 is 0 Å². The maximum atomic E-state index is 13.0. The first-order valence-electron chi connectivity index (χ1n) is 10.8. The van der Waals surface area contributed by atoms with Crippen molar-refractivity contribution < 1.29 is 19.0 Å². The Balaban J connectivity index is 2.00. The van der Waals surface area contributed by atoms with Gasteiger partial charge in [-0.1, -0.05) is 44.4 Å². The molecule has 1 saturated heterocycles. The Morgan fingerprint density at radius 1 is 1.32 bits per heavy atom. The molecule has 0 amide bonds. The molecule has 4 nitrogen and oxygen atoms in total. The highest BCUT2D eigenvalue weighted by molar-refractivity contribution is 5.98. The van der Waals surface area contributed by atoms with Gasteiger partial charge in [-0.15, -0.1) is 6.58 Å². The molecule has 4 heteroatoms. The van der Waals surface area contributed by atoms with Crippen molar-refractivity contribution in [2.75, 3.05) is 13.7 Å².